The summed E-state index contributed by atoms with van der Waals surface area (Å²) in [5.41, 5.74) is 9.69. The number of nitrogens with two attached hydrogens (primary N) is 1. The van der Waals surface area contributed by atoms with Crippen LogP contribution in [0.25, 0.3) is 11.1 Å². The van der Waals surface area contributed by atoms with E-state index in [1.165, 1.54) is 0 Å². The van der Waals surface area contributed by atoms with Crippen molar-refractivity contribution in [1.29, 1.82) is 0 Å². The van der Waals surface area contributed by atoms with Gasteiger partial charge in [-0.15, -0.1) is 0 Å². The molecule has 0 radical (unpaired) electrons. The van der Waals surface area contributed by atoms with Crippen molar-refractivity contribution in [2.45, 2.75) is 12.2 Å². The molecule has 2 aliphatic rings. The van der Waals surface area contributed by atoms with Crippen LogP contribution in [0, 0.1) is 0 Å². The van der Waals surface area contributed by atoms with Gasteiger partial charge in [0.15, 0.2) is 0 Å². The van der Waals surface area contributed by atoms with E-state index in [0.717, 1.165) is 74.1 Å². The molecule has 0 bridgehead atoms. The summed E-state index contributed by atoms with van der Waals surface area (Å²) in [5.74, 6) is 0.688. The van der Waals surface area contributed by atoms with Crippen molar-refractivity contribution >= 4 is 6.21 Å². The van der Waals surface area contributed by atoms with Gasteiger partial charge in [-0.25, -0.2) is 4.99 Å². The smallest absolute Gasteiger partial charge is 0.210 e. The summed E-state index contributed by atoms with van der Waals surface area (Å²) in [6.07, 6.45) is 4.74. The Morgan fingerprint density at radius 3 is 2.74 bits per heavy atom. The Kier molecular flexibility index (Phi) is 6.86. The first-order valence-corrected chi connectivity index (χ1v) is 10.8. The molecule has 0 saturated carbocycles. The van der Waals surface area contributed by atoms with Gasteiger partial charge < -0.3 is 20.1 Å². The van der Waals surface area contributed by atoms with Crippen molar-refractivity contribution in [3.63, 3.8) is 0 Å². The molecule has 2 aromatic carbocycles. The van der Waals surface area contributed by atoms with E-state index in [1.807, 2.05) is 36.4 Å². The van der Waals surface area contributed by atoms with Crippen molar-refractivity contribution in [2.75, 3.05) is 46.5 Å². The van der Waals surface area contributed by atoms with Gasteiger partial charge in [0.25, 0.3) is 0 Å². The highest BCUT2D eigenvalue weighted by Gasteiger charge is 2.28. The number of benzene rings is 2. The first-order valence-electron chi connectivity index (χ1n) is 10.8. The molecule has 31 heavy (non-hydrogen) atoms. The largest absolute Gasteiger partial charge is 0.497 e. The van der Waals surface area contributed by atoms with Crippen LogP contribution in [0.5, 0.6) is 5.75 Å². The molecular formula is C24H31N5O2. The quantitative estimate of drug-likeness (QED) is 0.567. The number of morpholine rings is 1. The molecule has 2 heterocycles. The Balaban J connectivity index is 1.38. The second-order valence-electron chi connectivity index (χ2n) is 7.80. The topological polar surface area (TPSA) is 84.1 Å². The second kappa shape index (κ2) is 9.96. The summed E-state index contributed by atoms with van der Waals surface area (Å²) >= 11 is 0. The van der Waals surface area contributed by atoms with Crippen LogP contribution in [0.2, 0.25) is 0 Å². The maximum atomic E-state index is 6.66. The lowest BCUT2D eigenvalue weighted by atomic mass is 9.99. The molecule has 7 heteroatoms. The third-order valence-electron chi connectivity index (χ3n) is 5.62. The molecule has 1 unspecified atom stereocenters. The fraction of sp³-hybridized carbons (Fsp3) is 0.375. The van der Waals surface area contributed by atoms with Gasteiger partial charge in [-0.2, -0.15) is 0 Å². The standard InChI is InChI=1S/C24H31N5O2/c1-30-22-8-3-6-20(18-22)19-5-2-7-21(17-19)24(25)27-11-9-23(28-24)26-10-4-12-29-13-15-31-16-14-29/h2-3,5-9,11,17-18,26,28H,4,10,12-16,25H2,1H3. The molecule has 164 valence electrons. The van der Waals surface area contributed by atoms with Crippen molar-refractivity contribution in [2.24, 2.45) is 10.7 Å². The van der Waals surface area contributed by atoms with Crippen LogP contribution in [-0.4, -0.2) is 57.6 Å². The predicted molar refractivity (Wildman–Crippen MR) is 124 cm³/mol. The van der Waals surface area contributed by atoms with Crippen LogP contribution in [0.15, 0.2) is 65.4 Å². The van der Waals surface area contributed by atoms with Crippen LogP contribution < -0.4 is 21.1 Å². The first kappa shape index (κ1) is 21.4. The molecule has 0 amide bonds. The summed E-state index contributed by atoms with van der Waals surface area (Å²) in [6, 6.07) is 16.1. The molecule has 2 aliphatic heterocycles. The zero-order chi connectivity index (χ0) is 21.5. The van der Waals surface area contributed by atoms with E-state index >= 15 is 0 Å². The monoisotopic (exact) mass is 421 g/mol. The van der Waals surface area contributed by atoms with Crippen molar-refractivity contribution in [1.82, 2.24) is 15.5 Å². The number of nitrogens with one attached hydrogen (secondary N) is 2. The van der Waals surface area contributed by atoms with Crippen LogP contribution >= 0.6 is 0 Å². The van der Waals surface area contributed by atoms with Crippen molar-refractivity contribution in [3.05, 3.63) is 66.0 Å². The molecule has 2 aromatic rings. The average Bonchev–Trinajstić information content (AvgIpc) is 2.83. The van der Waals surface area contributed by atoms with Crippen LogP contribution in [0.1, 0.15) is 12.0 Å². The van der Waals surface area contributed by atoms with E-state index in [4.69, 9.17) is 15.2 Å². The average molecular weight is 422 g/mol. The summed E-state index contributed by atoms with van der Waals surface area (Å²) in [7, 11) is 1.67. The van der Waals surface area contributed by atoms with Gasteiger partial charge in [-0.05, 0) is 48.4 Å². The molecule has 7 nitrogen and oxygen atoms in total. The molecule has 4 N–H and O–H groups in total. The minimum atomic E-state index is -1.02. The van der Waals surface area contributed by atoms with E-state index in [1.54, 1.807) is 13.3 Å². The summed E-state index contributed by atoms with van der Waals surface area (Å²) in [4.78, 5) is 6.97. The molecule has 4 rings (SSSR count). The molecule has 0 aliphatic carbocycles. The summed E-state index contributed by atoms with van der Waals surface area (Å²) in [5, 5.41) is 6.81. The maximum absolute atomic E-state index is 6.66. The lowest BCUT2D eigenvalue weighted by Crippen LogP contribution is -2.52. The highest BCUT2D eigenvalue weighted by Crippen LogP contribution is 2.28. The number of allylic oxidation sites excluding steroid dienone is 1. The van der Waals surface area contributed by atoms with Crippen molar-refractivity contribution < 1.29 is 9.47 Å². The number of hydrogen-bond donors (Lipinski definition) is 3. The molecule has 1 atom stereocenters. The van der Waals surface area contributed by atoms with E-state index in [9.17, 15) is 0 Å². The van der Waals surface area contributed by atoms with Crippen LogP contribution in [0.3, 0.4) is 0 Å². The van der Waals surface area contributed by atoms with E-state index in [0.29, 0.717) is 0 Å². The Morgan fingerprint density at radius 1 is 1.16 bits per heavy atom. The molecule has 1 fully saturated rings. The zero-order valence-electron chi connectivity index (χ0n) is 18.0. The summed E-state index contributed by atoms with van der Waals surface area (Å²) < 4.78 is 10.8. The van der Waals surface area contributed by atoms with Gasteiger partial charge in [0.2, 0.25) is 5.79 Å². The Bertz CT molecular complexity index is 939. The SMILES string of the molecule is COc1cccc(-c2cccc(C3(N)N=CC=C(NCCCN4CCOCC4)N3)c2)c1. The lowest BCUT2D eigenvalue weighted by molar-refractivity contribution is 0.0375. The number of hydrogen-bond acceptors (Lipinski definition) is 7. The van der Waals surface area contributed by atoms with Gasteiger partial charge in [-0.1, -0.05) is 30.3 Å². The first-order chi connectivity index (χ1) is 15.2. The third kappa shape index (κ3) is 5.44. The predicted octanol–water partition coefficient (Wildman–Crippen LogP) is 2.26. The van der Waals surface area contributed by atoms with Gasteiger partial charge in [0.05, 0.1) is 20.3 Å². The van der Waals surface area contributed by atoms with Gasteiger partial charge >= 0.3 is 0 Å². The fourth-order valence-corrected chi connectivity index (χ4v) is 3.85. The van der Waals surface area contributed by atoms with E-state index < -0.39 is 5.79 Å². The van der Waals surface area contributed by atoms with Gasteiger partial charge in [-0.3, -0.25) is 10.6 Å². The number of aliphatic imine (C=N–C) groups is 1. The summed E-state index contributed by atoms with van der Waals surface area (Å²) in [6.45, 7) is 5.63. The number of ether oxygens (including phenoxy) is 2. The highest BCUT2D eigenvalue weighted by atomic mass is 16.5. The number of rotatable bonds is 8. The normalized spacial score (nSPS) is 21.3. The number of methoxy groups -OCH3 is 1. The minimum absolute atomic E-state index is 0.825. The maximum Gasteiger partial charge on any atom is 0.210 e. The second-order valence-corrected chi connectivity index (χ2v) is 7.80. The van der Waals surface area contributed by atoms with E-state index in [2.05, 4.69) is 38.7 Å². The molecule has 0 spiro atoms. The minimum Gasteiger partial charge on any atom is -0.497 e. The van der Waals surface area contributed by atoms with Gasteiger partial charge in [0, 0.05) is 31.4 Å². The fourth-order valence-electron chi connectivity index (χ4n) is 3.85. The molecular weight excluding hydrogens is 390 g/mol. The zero-order valence-corrected chi connectivity index (χ0v) is 18.0. The highest BCUT2D eigenvalue weighted by molar-refractivity contribution is 5.74. The van der Waals surface area contributed by atoms with Crippen LogP contribution in [-0.2, 0) is 10.5 Å². The Hall–Kier alpha value is -2.87. The van der Waals surface area contributed by atoms with Gasteiger partial charge in [0.1, 0.15) is 11.6 Å². The molecule has 1 saturated heterocycles. The van der Waals surface area contributed by atoms with Crippen LogP contribution in [0.4, 0.5) is 0 Å². The Morgan fingerprint density at radius 2 is 1.94 bits per heavy atom. The lowest BCUT2D eigenvalue weighted by Gasteiger charge is -2.32. The molecule has 0 aromatic heterocycles. The third-order valence-corrected chi connectivity index (χ3v) is 5.62. The van der Waals surface area contributed by atoms with E-state index in [-0.39, 0.29) is 0 Å². The Labute approximate surface area is 183 Å². The van der Waals surface area contributed by atoms with Crippen molar-refractivity contribution in [3.8, 4) is 16.9 Å². The number of nitrogens with zero attached hydrogens (tertiary/aromatic N) is 2.